The lowest BCUT2D eigenvalue weighted by Crippen LogP contribution is -2.48. The number of nitrogens with zero attached hydrogens (tertiary/aromatic N) is 2. The summed E-state index contributed by atoms with van der Waals surface area (Å²) in [5.41, 5.74) is 0.100. The van der Waals surface area contributed by atoms with Crippen LogP contribution in [-0.4, -0.2) is 24.2 Å². The van der Waals surface area contributed by atoms with Gasteiger partial charge in [0.1, 0.15) is 17.0 Å². The number of thiazole rings is 1. The molecule has 14 heavy (non-hydrogen) atoms. The molecule has 0 aromatic carbocycles. The van der Waals surface area contributed by atoms with E-state index in [1.807, 2.05) is 10.3 Å². The Morgan fingerprint density at radius 3 is 2.57 bits per heavy atom. The molecule has 0 atom stereocenters. The number of hydrogen-bond acceptors (Lipinski definition) is 3. The second kappa shape index (κ2) is 3.19. The number of alkyl halides is 1. The van der Waals surface area contributed by atoms with Crippen LogP contribution in [0.5, 0.6) is 0 Å². The fourth-order valence-corrected chi connectivity index (χ4v) is 2.29. The quantitative estimate of drug-likeness (QED) is 0.714. The third kappa shape index (κ3) is 1.75. The molecule has 0 N–H and O–H groups in total. The van der Waals surface area contributed by atoms with Crippen molar-refractivity contribution in [2.75, 3.05) is 18.0 Å². The van der Waals surface area contributed by atoms with Gasteiger partial charge in [-0.05, 0) is 0 Å². The molecule has 4 heteroatoms. The lowest BCUT2D eigenvalue weighted by atomic mass is 9.98. The lowest BCUT2D eigenvalue weighted by Gasteiger charge is -2.34. The van der Waals surface area contributed by atoms with E-state index in [1.165, 1.54) is 0 Å². The van der Waals surface area contributed by atoms with Gasteiger partial charge in [0, 0.05) is 10.8 Å². The Morgan fingerprint density at radius 1 is 1.50 bits per heavy atom. The van der Waals surface area contributed by atoms with Crippen molar-refractivity contribution in [3.8, 4) is 0 Å². The third-order valence-electron chi connectivity index (χ3n) is 2.29. The molecule has 1 saturated heterocycles. The summed E-state index contributed by atoms with van der Waals surface area (Å²) >= 11 is 1.66. The number of hydrogen-bond donors (Lipinski definition) is 0. The maximum atomic E-state index is 12.6. The average Bonchev–Trinajstić information content (AvgIpc) is 2.45. The molecule has 1 aliphatic rings. The summed E-state index contributed by atoms with van der Waals surface area (Å²) in [6.07, 6.45) is -0.658. The molecule has 0 spiro atoms. The number of rotatable bonds is 1. The van der Waals surface area contributed by atoms with Gasteiger partial charge in [-0.25, -0.2) is 9.37 Å². The highest BCUT2D eigenvalue weighted by Gasteiger charge is 2.29. The van der Waals surface area contributed by atoms with Gasteiger partial charge in [0.25, 0.3) is 0 Å². The standard InChI is InChI=1S/C10H15FN2S/c1-10(2,3)9-12-8(6-14-9)13-4-7(11)5-13/h6-7H,4-5H2,1-3H3. The molecule has 0 aliphatic carbocycles. The van der Waals surface area contributed by atoms with Crippen LogP contribution in [0.2, 0.25) is 0 Å². The van der Waals surface area contributed by atoms with Crippen molar-refractivity contribution in [3.63, 3.8) is 0 Å². The van der Waals surface area contributed by atoms with Crippen molar-refractivity contribution in [2.24, 2.45) is 0 Å². The van der Waals surface area contributed by atoms with Gasteiger partial charge in [-0.3, -0.25) is 0 Å². The van der Waals surface area contributed by atoms with Crippen LogP contribution in [0.4, 0.5) is 10.2 Å². The Bertz CT molecular complexity index is 323. The van der Waals surface area contributed by atoms with Gasteiger partial charge in [0.2, 0.25) is 0 Å². The van der Waals surface area contributed by atoms with E-state index < -0.39 is 6.17 Å². The summed E-state index contributed by atoms with van der Waals surface area (Å²) in [4.78, 5) is 6.50. The number of aromatic nitrogens is 1. The van der Waals surface area contributed by atoms with Gasteiger partial charge >= 0.3 is 0 Å². The first-order valence-electron chi connectivity index (χ1n) is 4.82. The minimum atomic E-state index is -0.658. The topological polar surface area (TPSA) is 16.1 Å². The maximum Gasteiger partial charge on any atom is 0.140 e. The van der Waals surface area contributed by atoms with E-state index >= 15 is 0 Å². The predicted octanol–water partition coefficient (Wildman–Crippen LogP) is 2.60. The number of anilines is 1. The molecule has 1 aliphatic heterocycles. The Kier molecular flexibility index (Phi) is 2.26. The van der Waals surface area contributed by atoms with Crippen molar-refractivity contribution in [3.05, 3.63) is 10.4 Å². The van der Waals surface area contributed by atoms with E-state index in [0.717, 1.165) is 10.8 Å². The van der Waals surface area contributed by atoms with Crippen LogP contribution in [0, 0.1) is 0 Å². The molecule has 1 aromatic rings. The summed E-state index contributed by atoms with van der Waals surface area (Å²) in [5.74, 6) is 0.939. The van der Waals surface area contributed by atoms with E-state index in [2.05, 4.69) is 25.8 Å². The van der Waals surface area contributed by atoms with Gasteiger partial charge in [-0.15, -0.1) is 11.3 Å². The van der Waals surface area contributed by atoms with E-state index in [-0.39, 0.29) is 5.41 Å². The zero-order valence-electron chi connectivity index (χ0n) is 8.75. The van der Waals surface area contributed by atoms with Crippen LogP contribution in [0.25, 0.3) is 0 Å². The van der Waals surface area contributed by atoms with E-state index in [9.17, 15) is 4.39 Å². The Hall–Kier alpha value is -0.640. The van der Waals surface area contributed by atoms with E-state index in [4.69, 9.17) is 0 Å². The SMILES string of the molecule is CC(C)(C)c1nc(N2CC(F)C2)cs1. The monoisotopic (exact) mass is 214 g/mol. The minimum Gasteiger partial charge on any atom is -0.350 e. The number of halogens is 1. The largest absolute Gasteiger partial charge is 0.350 e. The fraction of sp³-hybridized carbons (Fsp3) is 0.700. The Labute approximate surface area is 87.8 Å². The molecular weight excluding hydrogens is 199 g/mol. The van der Waals surface area contributed by atoms with Gasteiger partial charge in [0.05, 0.1) is 13.1 Å². The highest BCUT2D eigenvalue weighted by atomic mass is 32.1. The molecule has 1 fully saturated rings. The fourth-order valence-electron chi connectivity index (χ4n) is 1.37. The van der Waals surface area contributed by atoms with Crippen LogP contribution in [0.3, 0.4) is 0 Å². The van der Waals surface area contributed by atoms with Gasteiger partial charge < -0.3 is 4.90 Å². The summed E-state index contributed by atoms with van der Waals surface area (Å²) in [6.45, 7) is 7.44. The van der Waals surface area contributed by atoms with Crippen LogP contribution in [0.1, 0.15) is 25.8 Å². The molecule has 1 aromatic heterocycles. The summed E-state index contributed by atoms with van der Waals surface area (Å²) in [6, 6.07) is 0. The first kappa shape index (κ1) is 9.90. The summed E-state index contributed by atoms with van der Waals surface area (Å²) < 4.78 is 12.6. The van der Waals surface area contributed by atoms with Crippen molar-refractivity contribution >= 4 is 17.2 Å². The summed E-state index contributed by atoms with van der Waals surface area (Å²) in [5, 5.41) is 3.14. The van der Waals surface area contributed by atoms with Gasteiger partial charge in [-0.2, -0.15) is 0 Å². The van der Waals surface area contributed by atoms with E-state index in [0.29, 0.717) is 13.1 Å². The van der Waals surface area contributed by atoms with Crippen LogP contribution in [-0.2, 0) is 5.41 Å². The second-order valence-corrected chi connectivity index (χ2v) is 5.62. The van der Waals surface area contributed by atoms with Gasteiger partial charge in [-0.1, -0.05) is 20.8 Å². The third-order valence-corrected chi connectivity index (χ3v) is 3.55. The van der Waals surface area contributed by atoms with Crippen LogP contribution in [0.15, 0.2) is 5.38 Å². The van der Waals surface area contributed by atoms with Gasteiger partial charge in [0.15, 0.2) is 0 Å². The van der Waals surface area contributed by atoms with Crippen LogP contribution < -0.4 is 4.90 Å². The van der Waals surface area contributed by atoms with Crippen molar-refractivity contribution < 1.29 is 4.39 Å². The molecule has 0 saturated carbocycles. The van der Waals surface area contributed by atoms with Crippen molar-refractivity contribution in [1.82, 2.24) is 4.98 Å². The molecule has 2 rings (SSSR count). The normalized spacial score (nSPS) is 18.4. The van der Waals surface area contributed by atoms with Crippen molar-refractivity contribution in [1.29, 1.82) is 0 Å². The second-order valence-electron chi connectivity index (χ2n) is 4.76. The molecule has 0 radical (unpaired) electrons. The highest BCUT2D eigenvalue weighted by Crippen LogP contribution is 2.30. The molecule has 0 bridgehead atoms. The zero-order valence-corrected chi connectivity index (χ0v) is 9.57. The molecule has 0 amide bonds. The minimum absolute atomic E-state index is 0.100. The molecular formula is C10H15FN2S. The maximum absolute atomic E-state index is 12.6. The average molecular weight is 214 g/mol. The molecule has 0 unspecified atom stereocenters. The summed E-state index contributed by atoms with van der Waals surface area (Å²) in [7, 11) is 0. The first-order chi connectivity index (χ1) is 6.47. The highest BCUT2D eigenvalue weighted by molar-refractivity contribution is 7.10. The molecule has 2 heterocycles. The smallest absolute Gasteiger partial charge is 0.140 e. The van der Waals surface area contributed by atoms with Crippen molar-refractivity contribution in [2.45, 2.75) is 32.4 Å². The molecule has 78 valence electrons. The first-order valence-corrected chi connectivity index (χ1v) is 5.70. The zero-order chi connectivity index (χ0) is 10.3. The van der Waals surface area contributed by atoms with E-state index in [1.54, 1.807) is 11.3 Å². The Balaban J connectivity index is 2.11. The Morgan fingerprint density at radius 2 is 2.14 bits per heavy atom. The lowest BCUT2D eigenvalue weighted by molar-refractivity contribution is 0.273. The van der Waals surface area contributed by atoms with Crippen LogP contribution >= 0.6 is 11.3 Å². The molecule has 2 nitrogen and oxygen atoms in total. The predicted molar refractivity (Wildman–Crippen MR) is 57.9 cm³/mol.